The first-order valence-corrected chi connectivity index (χ1v) is 7.98. The van der Waals surface area contributed by atoms with Crippen molar-refractivity contribution in [2.24, 2.45) is 5.14 Å². The summed E-state index contributed by atoms with van der Waals surface area (Å²) < 4.78 is 35.9. The molecule has 6 heteroatoms. The molecule has 1 atom stereocenters. The SMILES string of the molecule is Cc1c(F)cccc1NC(C)c1ccc(S(N)(=O)=O)cc1. The first-order valence-electron chi connectivity index (χ1n) is 6.43. The lowest BCUT2D eigenvalue weighted by atomic mass is 10.1. The zero-order chi connectivity index (χ0) is 15.6. The Morgan fingerprint density at radius 1 is 1.14 bits per heavy atom. The van der Waals surface area contributed by atoms with Crippen molar-refractivity contribution in [1.82, 2.24) is 0 Å². The molecular formula is C15H17FN2O2S. The lowest BCUT2D eigenvalue weighted by Crippen LogP contribution is -2.13. The van der Waals surface area contributed by atoms with E-state index in [1.165, 1.54) is 18.2 Å². The summed E-state index contributed by atoms with van der Waals surface area (Å²) in [5.74, 6) is -0.267. The number of nitrogens with two attached hydrogens (primary N) is 1. The molecule has 112 valence electrons. The predicted molar refractivity (Wildman–Crippen MR) is 81.0 cm³/mol. The second-order valence-corrected chi connectivity index (χ2v) is 6.45. The number of hydrogen-bond donors (Lipinski definition) is 2. The lowest BCUT2D eigenvalue weighted by Gasteiger charge is -2.18. The van der Waals surface area contributed by atoms with Crippen molar-refractivity contribution in [3.8, 4) is 0 Å². The molecule has 0 aliphatic carbocycles. The lowest BCUT2D eigenvalue weighted by molar-refractivity contribution is 0.597. The Morgan fingerprint density at radius 2 is 1.76 bits per heavy atom. The molecule has 21 heavy (non-hydrogen) atoms. The molecule has 0 radical (unpaired) electrons. The van der Waals surface area contributed by atoms with Gasteiger partial charge in [-0.05, 0) is 43.7 Å². The van der Waals surface area contributed by atoms with Crippen molar-refractivity contribution in [3.63, 3.8) is 0 Å². The Bertz CT molecular complexity index is 743. The highest BCUT2D eigenvalue weighted by atomic mass is 32.2. The van der Waals surface area contributed by atoms with Crippen LogP contribution in [0.5, 0.6) is 0 Å². The number of benzene rings is 2. The number of rotatable bonds is 4. The highest BCUT2D eigenvalue weighted by Crippen LogP contribution is 2.24. The van der Waals surface area contributed by atoms with Gasteiger partial charge in [-0.25, -0.2) is 17.9 Å². The van der Waals surface area contributed by atoms with Crippen LogP contribution in [0, 0.1) is 12.7 Å². The van der Waals surface area contributed by atoms with Crippen LogP contribution in [0.2, 0.25) is 0 Å². The molecule has 0 saturated carbocycles. The predicted octanol–water partition coefficient (Wildman–Crippen LogP) is 2.95. The molecular weight excluding hydrogens is 291 g/mol. The van der Waals surface area contributed by atoms with Crippen LogP contribution >= 0.6 is 0 Å². The van der Waals surface area contributed by atoms with Crippen LogP contribution in [-0.4, -0.2) is 8.42 Å². The van der Waals surface area contributed by atoms with Gasteiger partial charge in [-0.2, -0.15) is 0 Å². The van der Waals surface area contributed by atoms with E-state index in [0.717, 1.165) is 5.56 Å². The molecule has 2 aromatic carbocycles. The zero-order valence-corrected chi connectivity index (χ0v) is 12.6. The van der Waals surface area contributed by atoms with Gasteiger partial charge in [0, 0.05) is 17.3 Å². The van der Waals surface area contributed by atoms with Gasteiger partial charge in [0.05, 0.1) is 4.90 Å². The van der Waals surface area contributed by atoms with E-state index in [4.69, 9.17) is 5.14 Å². The van der Waals surface area contributed by atoms with E-state index in [2.05, 4.69) is 5.32 Å². The van der Waals surface area contributed by atoms with Crippen LogP contribution in [0.1, 0.15) is 24.1 Å². The van der Waals surface area contributed by atoms with Crippen LogP contribution < -0.4 is 10.5 Å². The largest absolute Gasteiger partial charge is 0.378 e. The summed E-state index contributed by atoms with van der Waals surface area (Å²) in [5.41, 5.74) is 2.13. The summed E-state index contributed by atoms with van der Waals surface area (Å²) in [5, 5.41) is 8.26. The quantitative estimate of drug-likeness (QED) is 0.912. The Morgan fingerprint density at radius 3 is 2.33 bits per heavy atom. The molecule has 0 aromatic heterocycles. The fourth-order valence-electron chi connectivity index (χ4n) is 2.03. The Labute approximate surface area is 123 Å². The third kappa shape index (κ3) is 3.59. The van der Waals surface area contributed by atoms with Gasteiger partial charge in [0.2, 0.25) is 10.0 Å². The molecule has 0 aliphatic rings. The standard InChI is InChI=1S/C15H17FN2O2S/c1-10-14(16)4-3-5-15(10)18-11(2)12-6-8-13(9-7-12)21(17,19)20/h3-9,11,18H,1-2H3,(H2,17,19,20). The molecule has 0 fully saturated rings. The second kappa shape index (κ2) is 5.83. The van der Waals surface area contributed by atoms with Crippen molar-refractivity contribution in [2.45, 2.75) is 24.8 Å². The van der Waals surface area contributed by atoms with Crippen molar-refractivity contribution in [3.05, 3.63) is 59.4 Å². The summed E-state index contributed by atoms with van der Waals surface area (Å²) in [4.78, 5) is 0.0698. The maximum atomic E-state index is 13.5. The van der Waals surface area contributed by atoms with Gasteiger partial charge in [0.1, 0.15) is 5.82 Å². The number of sulfonamides is 1. The number of halogens is 1. The molecule has 0 bridgehead atoms. The normalized spacial score (nSPS) is 13.0. The van der Waals surface area contributed by atoms with E-state index in [-0.39, 0.29) is 16.8 Å². The molecule has 0 amide bonds. The van der Waals surface area contributed by atoms with Gasteiger partial charge in [-0.3, -0.25) is 0 Å². The van der Waals surface area contributed by atoms with Gasteiger partial charge in [-0.15, -0.1) is 0 Å². The molecule has 2 rings (SSSR count). The minimum Gasteiger partial charge on any atom is -0.378 e. The van der Waals surface area contributed by atoms with Crippen LogP contribution in [0.25, 0.3) is 0 Å². The molecule has 0 aliphatic heterocycles. The van der Waals surface area contributed by atoms with Crippen LogP contribution in [0.4, 0.5) is 10.1 Å². The molecule has 0 spiro atoms. The van der Waals surface area contributed by atoms with Crippen molar-refractivity contribution >= 4 is 15.7 Å². The number of anilines is 1. The van der Waals surface area contributed by atoms with Crippen LogP contribution in [0.3, 0.4) is 0 Å². The topological polar surface area (TPSA) is 72.2 Å². The Balaban J connectivity index is 2.21. The average molecular weight is 308 g/mol. The highest BCUT2D eigenvalue weighted by Gasteiger charge is 2.11. The van der Waals surface area contributed by atoms with Gasteiger partial charge >= 0.3 is 0 Å². The number of nitrogens with one attached hydrogen (secondary N) is 1. The van der Waals surface area contributed by atoms with E-state index in [9.17, 15) is 12.8 Å². The highest BCUT2D eigenvalue weighted by molar-refractivity contribution is 7.89. The van der Waals surface area contributed by atoms with Crippen LogP contribution in [0.15, 0.2) is 47.4 Å². The van der Waals surface area contributed by atoms with E-state index in [0.29, 0.717) is 11.3 Å². The summed E-state index contributed by atoms with van der Waals surface area (Å²) in [6, 6.07) is 11.0. The van der Waals surface area contributed by atoms with Gasteiger partial charge < -0.3 is 5.32 Å². The molecule has 4 nitrogen and oxygen atoms in total. The minimum atomic E-state index is -3.69. The van der Waals surface area contributed by atoms with Crippen molar-refractivity contribution < 1.29 is 12.8 Å². The van der Waals surface area contributed by atoms with E-state index in [1.807, 2.05) is 6.92 Å². The Hall–Kier alpha value is -1.92. The van der Waals surface area contributed by atoms with Gasteiger partial charge in [-0.1, -0.05) is 18.2 Å². The van der Waals surface area contributed by atoms with Crippen molar-refractivity contribution in [2.75, 3.05) is 5.32 Å². The average Bonchev–Trinajstić information content (AvgIpc) is 2.43. The van der Waals surface area contributed by atoms with E-state index >= 15 is 0 Å². The maximum absolute atomic E-state index is 13.5. The van der Waals surface area contributed by atoms with Gasteiger partial charge in [0.15, 0.2) is 0 Å². The van der Waals surface area contributed by atoms with Crippen molar-refractivity contribution in [1.29, 1.82) is 0 Å². The van der Waals surface area contributed by atoms with E-state index in [1.54, 1.807) is 31.2 Å². The fourth-order valence-corrected chi connectivity index (χ4v) is 2.54. The number of primary sulfonamides is 1. The first-order chi connectivity index (χ1) is 9.79. The summed E-state index contributed by atoms with van der Waals surface area (Å²) in [7, 11) is -3.69. The summed E-state index contributed by atoms with van der Waals surface area (Å²) >= 11 is 0. The molecule has 0 saturated heterocycles. The maximum Gasteiger partial charge on any atom is 0.238 e. The Kier molecular flexibility index (Phi) is 4.29. The smallest absolute Gasteiger partial charge is 0.238 e. The molecule has 3 N–H and O–H groups in total. The molecule has 1 unspecified atom stereocenters. The first kappa shape index (κ1) is 15.5. The minimum absolute atomic E-state index is 0.0698. The fraction of sp³-hybridized carbons (Fsp3) is 0.200. The third-order valence-electron chi connectivity index (χ3n) is 3.35. The summed E-state index contributed by atoms with van der Waals surface area (Å²) in [6.45, 7) is 3.62. The van der Waals surface area contributed by atoms with Crippen LogP contribution in [-0.2, 0) is 10.0 Å². The number of hydrogen-bond acceptors (Lipinski definition) is 3. The second-order valence-electron chi connectivity index (χ2n) is 4.89. The van der Waals surface area contributed by atoms with E-state index < -0.39 is 10.0 Å². The molecule has 0 heterocycles. The van der Waals surface area contributed by atoms with Gasteiger partial charge in [0.25, 0.3) is 0 Å². The summed E-state index contributed by atoms with van der Waals surface area (Å²) in [6.07, 6.45) is 0. The molecule has 2 aromatic rings. The monoisotopic (exact) mass is 308 g/mol. The third-order valence-corrected chi connectivity index (χ3v) is 4.28. The zero-order valence-electron chi connectivity index (χ0n) is 11.8.